The number of hydrogen-bond acceptors (Lipinski definition) is 7. The lowest BCUT2D eigenvalue weighted by molar-refractivity contribution is 0.282. The van der Waals surface area contributed by atoms with Crippen LogP contribution in [-0.2, 0) is 22.2 Å². The number of halogens is 1. The molecule has 0 saturated carbocycles. The smallest absolute Gasteiger partial charge is 0.184 e. The van der Waals surface area contributed by atoms with E-state index in [4.69, 9.17) is 0 Å². The molecule has 0 spiro atoms. The van der Waals surface area contributed by atoms with Gasteiger partial charge in [0.15, 0.2) is 9.84 Å². The highest BCUT2D eigenvalue weighted by Gasteiger charge is 2.19. The summed E-state index contributed by atoms with van der Waals surface area (Å²) < 4.78 is 39.4. The number of hydrogen-bond donors (Lipinski definition) is 1. The van der Waals surface area contributed by atoms with Gasteiger partial charge in [-0.15, -0.1) is 21.5 Å². The molecule has 2 heterocycles. The number of aromatic nitrogens is 3. The fraction of sp³-hybridized carbons (Fsp3) is 0.0800. The molecule has 6 nitrogen and oxygen atoms in total. The van der Waals surface area contributed by atoms with Gasteiger partial charge in [0.2, 0.25) is 0 Å². The summed E-state index contributed by atoms with van der Waals surface area (Å²) in [7, 11) is -3.59. The molecule has 5 rings (SSSR count). The Morgan fingerprint density at radius 1 is 0.971 bits per heavy atom. The van der Waals surface area contributed by atoms with Crippen LogP contribution in [0.1, 0.15) is 10.6 Å². The van der Waals surface area contributed by atoms with Gasteiger partial charge in [0.1, 0.15) is 22.1 Å². The molecule has 0 saturated heterocycles. The summed E-state index contributed by atoms with van der Waals surface area (Å²) in [5.41, 5.74) is 4.96. The third kappa shape index (κ3) is 4.33. The van der Waals surface area contributed by atoms with Crippen molar-refractivity contribution in [2.24, 2.45) is 0 Å². The highest BCUT2D eigenvalue weighted by Crippen LogP contribution is 2.33. The van der Waals surface area contributed by atoms with Crippen molar-refractivity contribution in [3.8, 4) is 22.4 Å². The monoisotopic (exact) mass is 491 g/mol. The number of nitrogens with zero attached hydrogens (tertiary/aromatic N) is 3. The quantitative estimate of drug-likeness (QED) is 0.358. The van der Waals surface area contributed by atoms with Crippen molar-refractivity contribution in [1.82, 2.24) is 15.2 Å². The maximum Gasteiger partial charge on any atom is 0.184 e. The standard InChI is InChI=1S/C25H18FN3O3S2/c26-20-3-1-2-16(11-20)17-4-6-23(19(10-17)13-30)25-22-7-5-21(12-18(22)8-9-27-25)34(31,32)14-24-29-28-15-33-24/h1-12,15,30H,13-14H2. The fourth-order valence-corrected chi connectivity index (χ4v) is 6.05. The molecule has 3 aromatic carbocycles. The van der Waals surface area contributed by atoms with Gasteiger partial charge in [-0.3, -0.25) is 4.98 Å². The second kappa shape index (κ2) is 9.02. The zero-order valence-electron chi connectivity index (χ0n) is 17.7. The predicted octanol–water partition coefficient (Wildman–Crippen LogP) is 5.03. The lowest BCUT2D eigenvalue weighted by Gasteiger charge is -2.13. The maximum absolute atomic E-state index is 13.7. The Balaban J connectivity index is 1.56. The minimum absolute atomic E-state index is 0.191. The number of aliphatic hydroxyl groups is 1. The highest BCUT2D eigenvalue weighted by atomic mass is 32.2. The Bertz CT molecular complexity index is 1600. The molecule has 1 N–H and O–H groups in total. The summed E-state index contributed by atoms with van der Waals surface area (Å²) in [6.07, 6.45) is 1.61. The molecule has 0 fully saturated rings. The van der Waals surface area contributed by atoms with Crippen molar-refractivity contribution in [2.45, 2.75) is 17.3 Å². The van der Waals surface area contributed by atoms with E-state index in [1.807, 2.05) is 18.2 Å². The average molecular weight is 492 g/mol. The predicted molar refractivity (Wildman–Crippen MR) is 129 cm³/mol. The molecule has 0 radical (unpaired) electrons. The number of rotatable bonds is 6. The van der Waals surface area contributed by atoms with Crippen LogP contribution in [-0.4, -0.2) is 28.7 Å². The van der Waals surface area contributed by atoms with Crippen molar-refractivity contribution >= 4 is 31.9 Å². The van der Waals surface area contributed by atoms with Crippen LogP contribution in [0, 0.1) is 5.82 Å². The van der Waals surface area contributed by atoms with E-state index in [9.17, 15) is 17.9 Å². The molecule has 0 aliphatic carbocycles. The second-order valence-electron chi connectivity index (χ2n) is 7.67. The van der Waals surface area contributed by atoms with E-state index in [1.165, 1.54) is 29.0 Å². The third-order valence-corrected chi connectivity index (χ3v) is 8.01. The Morgan fingerprint density at radius 2 is 1.82 bits per heavy atom. The number of pyridine rings is 1. The van der Waals surface area contributed by atoms with Gasteiger partial charge in [-0.2, -0.15) is 0 Å². The maximum atomic E-state index is 13.7. The van der Waals surface area contributed by atoms with Gasteiger partial charge in [0, 0.05) is 17.1 Å². The van der Waals surface area contributed by atoms with Crippen LogP contribution in [0.2, 0.25) is 0 Å². The van der Waals surface area contributed by atoms with E-state index >= 15 is 0 Å². The number of sulfone groups is 1. The van der Waals surface area contributed by atoms with E-state index < -0.39 is 9.84 Å². The average Bonchev–Trinajstić information content (AvgIpc) is 3.35. The van der Waals surface area contributed by atoms with Gasteiger partial charge in [-0.1, -0.05) is 30.3 Å². The Labute approximate surface area is 199 Å². The van der Waals surface area contributed by atoms with Crippen LogP contribution in [0.5, 0.6) is 0 Å². The molecular weight excluding hydrogens is 473 g/mol. The van der Waals surface area contributed by atoms with Crippen molar-refractivity contribution in [2.75, 3.05) is 0 Å². The number of aliphatic hydroxyl groups excluding tert-OH is 1. The summed E-state index contributed by atoms with van der Waals surface area (Å²) in [5, 5.41) is 19.5. The molecule has 0 aliphatic heterocycles. The first-order valence-corrected chi connectivity index (χ1v) is 12.8. The first kappa shape index (κ1) is 22.3. The van der Waals surface area contributed by atoms with Gasteiger partial charge in [-0.05, 0) is 58.5 Å². The van der Waals surface area contributed by atoms with E-state index in [2.05, 4.69) is 15.2 Å². The molecule has 2 aromatic heterocycles. The van der Waals surface area contributed by atoms with Crippen molar-refractivity contribution in [3.05, 3.63) is 94.8 Å². The van der Waals surface area contributed by atoms with Crippen LogP contribution >= 0.6 is 11.3 Å². The topological polar surface area (TPSA) is 93.0 Å². The molecule has 0 atom stereocenters. The first-order chi connectivity index (χ1) is 16.4. The third-order valence-electron chi connectivity index (χ3n) is 5.50. The second-order valence-corrected chi connectivity index (χ2v) is 10.6. The minimum Gasteiger partial charge on any atom is -0.392 e. The van der Waals surface area contributed by atoms with Crippen LogP contribution in [0.25, 0.3) is 33.2 Å². The largest absolute Gasteiger partial charge is 0.392 e. The van der Waals surface area contributed by atoms with Crippen LogP contribution in [0.3, 0.4) is 0 Å². The Kier molecular flexibility index (Phi) is 5.91. The molecule has 34 heavy (non-hydrogen) atoms. The Morgan fingerprint density at radius 3 is 2.59 bits per heavy atom. The number of benzene rings is 3. The molecule has 0 bridgehead atoms. The molecule has 5 aromatic rings. The van der Waals surface area contributed by atoms with Crippen molar-refractivity contribution < 1.29 is 17.9 Å². The molecular formula is C25H18FN3O3S2. The summed E-state index contributed by atoms with van der Waals surface area (Å²) in [4.78, 5) is 4.71. The van der Waals surface area contributed by atoms with Gasteiger partial charge >= 0.3 is 0 Å². The molecule has 0 amide bonds. The normalized spacial score (nSPS) is 11.7. The van der Waals surface area contributed by atoms with E-state index in [0.29, 0.717) is 27.2 Å². The van der Waals surface area contributed by atoms with E-state index in [0.717, 1.165) is 16.5 Å². The summed E-state index contributed by atoms with van der Waals surface area (Å²) in [5.74, 6) is -0.545. The molecule has 9 heteroatoms. The zero-order valence-corrected chi connectivity index (χ0v) is 19.4. The van der Waals surface area contributed by atoms with Crippen LogP contribution in [0.15, 0.2) is 83.3 Å². The molecule has 170 valence electrons. The highest BCUT2D eigenvalue weighted by molar-refractivity contribution is 7.90. The Hall–Kier alpha value is -3.53. The summed E-state index contributed by atoms with van der Waals surface area (Å²) in [6, 6.07) is 18.4. The first-order valence-electron chi connectivity index (χ1n) is 10.3. The van der Waals surface area contributed by atoms with Gasteiger partial charge < -0.3 is 5.11 Å². The van der Waals surface area contributed by atoms with Gasteiger partial charge in [0.05, 0.1) is 17.2 Å². The summed E-state index contributed by atoms with van der Waals surface area (Å²) in [6.45, 7) is -0.231. The van der Waals surface area contributed by atoms with Crippen LogP contribution < -0.4 is 0 Å². The van der Waals surface area contributed by atoms with Crippen LogP contribution in [0.4, 0.5) is 4.39 Å². The van der Waals surface area contributed by atoms with E-state index in [-0.39, 0.29) is 23.1 Å². The van der Waals surface area contributed by atoms with Crippen molar-refractivity contribution in [1.29, 1.82) is 0 Å². The lowest BCUT2D eigenvalue weighted by Crippen LogP contribution is -2.05. The molecule has 0 unspecified atom stereocenters. The van der Waals surface area contributed by atoms with Gasteiger partial charge in [0.25, 0.3) is 0 Å². The number of fused-ring (bicyclic) bond motifs is 1. The molecule has 0 aliphatic rings. The minimum atomic E-state index is -3.59. The van der Waals surface area contributed by atoms with Crippen molar-refractivity contribution in [3.63, 3.8) is 0 Å². The van der Waals surface area contributed by atoms with Gasteiger partial charge in [-0.25, -0.2) is 12.8 Å². The zero-order chi connectivity index (χ0) is 23.7. The summed E-state index contributed by atoms with van der Waals surface area (Å²) >= 11 is 1.20. The van der Waals surface area contributed by atoms with E-state index in [1.54, 1.807) is 42.6 Å². The fourth-order valence-electron chi connectivity index (χ4n) is 3.87. The SMILES string of the molecule is O=S(=O)(Cc1nncs1)c1ccc2c(-c3ccc(-c4cccc(F)c4)cc3CO)nccc2c1. The lowest BCUT2D eigenvalue weighted by atomic mass is 9.95.